The van der Waals surface area contributed by atoms with Crippen LogP contribution in [-0.2, 0) is 4.79 Å². The smallest absolute Gasteiger partial charge is 0.237 e. The molecule has 1 saturated heterocycles. The van der Waals surface area contributed by atoms with Gasteiger partial charge in [-0.15, -0.1) is 13.2 Å². The Kier molecular flexibility index (Phi) is 5.76. The fourth-order valence-corrected chi connectivity index (χ4v) is 3.52. The maximum Gasteiger partial charge on any atom is 0.237 e. The molecule has 0 spiro atoms. The average Bonchev–Trinajstić information content (AvgIpc) is 3.09. The topological polar surface area (TPSA) is 42.0 Å². The molecule has 134 valence electrons. The largest absolute Gasteiger partial charge is 0.486 e. The summed E-state index contributed by atoms with van der Waals surface area (Å²) >= 11 is 0. The molecule has 0 saturated carbocycles. The third-order valence-electron chi connectivity index (χ3n) is 4.70. The van der Waals surface area contributed by atoms with E-state index >= 15 is 0 Å². The van der Waals surface area contributed by atoms with Crippen LogP contribution >= 0.6 is 0 Å². The number of fused-ring (bicyclic) bond motifs is 1. The van der Waals surface area contributed by atoms with Crippen LogP contribution in [0.3, 0.4) is 0 Å². The summed E-state index contributed by atoms with van der Waals surface area (Å²) in [5, 5.41) is 0. The lowest BCUT2D eigenvalue weighted by Crippen LogP contribution is -2.40. The van der Waals surface area contributed by atoms with Crippen molar-refractivity contribution >= 4 is 5.91 Å². The van der Waals surface area contributed by atoms with Crippen LogP contribution in [0.15, 0.2) is 43.5 Å². The summed E-state index contributed by atoms with van der Waals surface area (Å²) in [6, 6.07) is 6.37. The lowest BCUT2D eigenvalue weighted by molar-refractivity contribution is -0.131. The fourth-order valence-electron chi connectivity index (χ4n) is 3.52. The molecule has 0 aromatic heterocycles. The number of hydrogen-bond acceptors (Lipinski definition) is 4. The van der Waals surface area contributed by atoms with Crippen molar-refractivity contribution in [3.63, 3.8) is 0 Å². The van der Waals surface area contributed by atoms with Crippen molar-refractivity contribution in [2.75, 3.05) is 39.4 Å². The molecule has 3 rings (SSSR count). The minimum Gasteiger partial charge on any atom is -0.486 e. The maximum atomic E-state index is 12.6. The van der Waals surface area contributed by atoms with Gasteiger partial charge in [-0.05, 0) is 37.1 Å². The number of benzene rings is 1. The predicted octanol–water partition coefficient (Wildman–Crippen LogP) is 2.80. The van der Waals surface area contributed by atoms with E-state index in [0.29, 0.717) is 32.8 Å². The SMILES string of the molecule is C=CCN(CC=C)C(=O)CN1CCCC1c1ccc2c(c1)OCCO2. The van der Waals surface area contributed by atoms with Gasteiger partial charge in [0.15, 0.2) is 11.5 Å². The second-order valence-corrected chi connectivity index (χ2v) is 6.41. The molecule has 5 nitrogen and oxygen atoms in total. The monoisotopic (exact) mass is 342 g/mol. The number of carbonyl (C=O) groups excluding carboxylic acids is 1. The van der Waals surface area contributed by atoms with Crippen molar-refractivity contribution in [2.24, 2.45) is 0 Å². The number of carbonyl (C=O) groups is 1. The zero-order valence-electron chi connectivity index (χ0n) is 14.7. The number of amides is 1. The Morgan fingerprint density at radius 3 is 2.64 bits per heavy atom. The molecule has 0 aliphatic carbocycles. The van der Waals surface area contributed by atoms with Crippen LogP contribution in [0.2, 0.25) is 0 Å². The molecule has 2 heterocycles. The van der Waals surface area contributed by atoms with Gasteiger partial charge in [-0.1, -0.05) is 18.2 Å². The van der Waals surface area contributed by atoms with E-state index in [-0.39, 0.29) is 11.9 Å². The lowest BCUT2D eigenvalue weighted by Gasteiger charge is -2.28. The van der Waals surface area contributed by atoms with Crippen molar-refractivity contribution in [2.45, 2.75) is 18.9 Å². The Labute approximate surface area is 149 Å². The summed E-state index contributed by atoms with van der Waals surface area (Å²) < 4.78 is 11.3. The minimum atomic E-state index is 0.115. The first-order chi connectivity index (χ1) is 12.2. The summed E-state index contributed by atoms with van der Waals surface area (Å²) in [5.41, 5.74) is 1.19. The Bertz CT molecular complexity index is 634. The highest BCUT2D eigenvalue weighted by molar-refractivity contribution is 5.78. The molecular formula is C20H26N2O3. The molecule has 5 heteroatoms. The lowest BCUT2D eigenvalue weighted by atomic mass is 10.0. The van der Waals surface area contributed by atoms with Gasteiger partial charge in [0.2, 0.25) is 5.91 Å². The third kappa shape index (κ3) is 4.04. The molecule has 1 unspecified atom stereocenters. The summed E-state index contributed by atoms with van der Waals surface area (Å²) in [6.07, 6.45) is 5.65. The van der Waals surface area contributed by atoms with E-state index in [2.05, 4.69) is 30.2 Å². The number of rotatable bonds is 7. The van der Waals surface area contributed by atoms with Crippen molar-refractivity contribution in [1.29, 1.82) is 0 Å². The molecule has 2 aliphatic rings. The number of nitrogens with zero attached hydrogens (tertiary/aromatic N) is 2. The third-order valence-corrected chi connectivity index (χ3v) is 4.70. The van der Waals surface area contributed by atoms with Crippen LogP contribution in [0.1, 0.15) is 24.4 Å². The predicted molar refractivity (Wildman–Crippen MR) is 98.0 cm³/mol. The molecule has 25 heavy (non-hydrogen) atoms. The molecule has 0 radical (unpaired) electrons. The normalized spacial score (nSPS) is 19.4. The van der Waals surface area contributed by atoms with Crippen LogP contribution in [0, 0.1) is 0 Å². The first-order valence-corrected chi connectivity index (χ1v) is 8.86. The van der Waals surface area contributed by atoms with Gasteiger partial charge in [-0.2, -0.15) is 0 Å². The van der Waals surface area contributed by atoms with Crippen molar-refractivity contribution in [3.05, 3.63) is 49.1 Å². The van der Waals surface area contributed by atoms with Gasteiger partial charge < -0.3 is 14.4 Å². The van der Waals surface area contributed by atoms with E-state index in [9.17, 15) is 4.79 Å². The second-order valence-electron chi connectivity index (χ2n) is 6.41. The zero-order chi connectivity index (χ0) is 17.6. The van der Waals surface area contributed by atoms with E-state index in [4.69, 9.17) is 9.47 Å². The zero-order valence-corrected chi connectivity index (χ0v) is 14.7. The maximum absolute atomic E-state index is 12.6. The van der Waals surface area contributed by atoms with E-state index in [0.717, 1.165) is 30.9 Å². The van der Waals surface area contributed by atoms with E-state index in [1.165, 1.54) is 5.56 Å². The van der Waals surface area contributed by atoms with Crippen LogP contribution < -0.4 is 9.47 Å². The van der Waals surface area contributed by atoms with Gasteiger partial charge in [0, 0.05) is 19.1 Å². The van der Waals surface area contributed by atoms with Gasteiger partial charge in [0.05, 0.1) is 6.54 Å². The first-order valence-electron chi connectivity index (χ1n) is 8.86. The Hall–Kier alpha value is -2.27. The summed E-state index contributed by atoms with van der Waals surface area (Å²) in [6.45, 7) is 11.1. The quantitative estimate of drug-likeness (QED) is 0.715. The number of hydrogen-bond donors (Lipinski definition) is 0. The summed E-state index contributed by atoms with van der Waals surface area (Å²) in [7, 11) is 0. The Balaban J connectivity index is 1.71. The van der Waals surface area contributed by atoms with E-state index < -0.39 is 0 Å². The van der Waals surface area contributed by atoms with Gasteiger partial charge in [-0.25, -0.2) is 0 Å². The standard InChI is InChI=1S/C20H26N2O3/c1-3-9-21(10-4-2)20(23)15-22-11-5-6-17(22)16-7-8-18-19(14-16)25-13-12-24-18/h3-4,7-8,14,17H,1-2,5-6,9-13,15H2. The van der Waals surface area contributed by atoms with Crippen LogP contribution in [0.25, 0.3) is 0 Å². The van der Waals surface area contributed by atoms with Crippen LogP contribution in [-0.4, -0.2) is 55.1 Å². The molecule has 1 aromatic carbocycles. The molecular weight excluding hydrogens is 316 g/mol. The molecule has 0 bridgehead atoms. The molecule has 1 atom stereocenters. The molecule has 1 amide bonds. The van der Waals surface area contributed by atoms with E-state index in [1.54, 1.807) is 17.1 Å². The number of ether oxygens (including phenoxy) is 2. The summed E-state index contributed by atoms with van der Waals surface area (Å²) in [4.78, 5) is 16.7. The van der Waals surface area contributed by atoms with Gasteiger partial charge >= 0.3 is 0 Å². The highest BCUT2D eigenvalue weighted by Crippen LogP contribution is 2.37. The van der Waals surface area contributed by atoms with Crippen molar-refractivity contribution in [1.82, 2.24) is 9.80 Å². The van der Waals surface area contributed by atoms with Gasteiger partial charge in [-0.3, -0.25) is 9.69 Å². The highest BCUT2D eigenvalue weighted by atomic mass is 16.6. The van der Waals surface area contributed by atoms with Gasteiger partial charge in [0.25, 0.3) is 0 Å². The van der Waals surface area contributed by atoms with Crippen LogP contribution in [0.5, 0.6) is 11.5 Å². The van der Waals surface area contributed by atoms with Gasteiger partial charge in [0.1, 0.15) is 13.2 Å². The first kappa shape index (κ1) is 17.5. The van der Waals surface area contributed by atoms with Crippen LogP contribution in [0.4, 0.5) is 0 Å². The number of likely N-dealkylation sites (tertiary alicyclic amines) is 1. The molecule has 0 N–H and O–H groups in total. The second kappa shape index (κ2) is 8.21. The average molecular weight is 342 g/mol. The van der Waals surface area contributed by atoms with Crippen molar-refractivity contribution < 1.29 is 14.3 Å². The fraction of sp³-hybridized carbons (Fsp3) is 0.450. The molecule has 2 aliphatic heterocycles. The highest BCUT2D eigenvalue weighted by Gasteiger charge is 2.29. The Morgan fingerprint density at radius 2 is 1.92 bits per heavy atom. The minimum absolute atomic E-state index is 0.115. The Morgan fingerprint density at radius 1 is 1.20 bits per heavy atom. The van der Waals surface area contributed by atoms with E-state index in [1.807, 2.05) is 6.07 Å². The molecule has 1 fully saturated rings. The van der Waals surface area contributed by atoms with Crippen molar-refractivity contribution in [3.8, 4) is 11.5 Å². The molecule has 1 aromatic rings. The summed E-state index contributed by atoms with van der Waals surface area (Å²) in [5.74, 6) is 1.73.